The summed E-state index contributed by atoms with van der Waals surface area (Å²) >= 11 is 6.19. The average Bonchev–Trinajstić information content (AvgIpc) is 3.00. The number of fused-ring (bicyclic) bond motifs is 5. The van der Waals surface area contributed by atoms with E-state index in [4.69, 9.17) is 21.1 Å². The molecule has 2 saturated heterocycles. The molecule has 2 bridgehead atoms. The molecule has 4 heterocycles. The van der Waals surface area contributed by atoms with Crippen LogP contribution < -0.4 is 16.0 Å². The molecular formula is C34H42ClFN4O4. The zero-order chi connectivity index (χ0) is 31.1. The second-order valence-corrected chi connectivity index (χ2v) is 12.3. The van der Waals surface area contributed by atoms with E-state index in [2.05, 4.69) is 39.6 Å². The molecule has 0 radical (unpaired) electrons. The van der Waals surface area contributed by atoms with Gasteiger partial charge < -0.3 is 25.4 Å². The van der Waals surface area contributed by atoms with E-state index in [1.54, 1.807) is 24.3 Å². The molecule has 0 saturated carbocycles. The summed E-state index contributed by atoms with van der Waals surface area (Å²) < 4.78 is 26.0. The van der Waals surface area contributed by atoms with Crippen molar-refractivity contribution in [1.82, 2.24) is 15.5 Å². The first-order valence-electron chi connectivity index (χ1n) is 15.6. The van der Waals surface area contributed by atoms with E-state index >= 15 is 4.39 Å². The highest BCUT2D eigenvalue weighted by Crippen LogP contribution is 2.36. The Balaban J connectivity index is 1.40. The van der Waals surface area contributed by atoms with Gasteiger partial charge in [0.05, 0.1) is 19.2 Å². The first-order valence-corrected chi connectivity index (χ1v) is 16.0. The Morgan fingerprint density at radius 3 is 2.68 bits per heavy atom. The van der Waals surface area contributed by atoms with Crippen molar-refractivity contribution in [3.63, 3.8) is 0 Å². The Kier molecular flexibility index (Phi) is 11.2. The van der Waals surface area contributed by atoms with Gasteiger partial charge in [-0.2, -0.15) is 0 Å². The first kappa shape index (κ1) is 32.2. The highest BCUT2D eigenvalue weighted by Gasteiger charge is 2.38. The molecule has 4 aliphatic rings. The van der Waals surface area contributed by atoms with Gasteiger partial charge in [0.2, 0.25) is 5.91 Å². The normalized spacial score (nSPS) is 24.9. The van der Waals surface area contributed by atoms with Crippen molar-refractivity contribution in [3.8, 4) is 11.8 Å². The molecule has 6 rings (SSSR count). The van der Waals surface area contributed by atoms with Crippen molar-refractivity contribution in [2.75, 3.05) is 38.7 Å². The highest BCUT2D eigenvalue weighted by molar-refractivity contribution is 6.30. The highest BCUT2D eigenvalue weighted by atomic mass is 35.5. The Morgan fingerprint density at radius 2 is 1.93 bits per heavy atom. The number of rotatable bonds is 9. The number of methoxy groups -OCH3 is 1. The number of halogens is 2. The fourth-order valence-electron chi connectivity index (χ4n) is 6.82. The fraction of sp³-hybridized carbons (Fsp3) is 0.529. The van der Waals surface area contributed by atoms with Gasteiger partial charge in [-0.05, 0) is 87.7 Å². The second kappa shape index (κ2) is 15.2. The predicted molar refractivity (Wildman–Crippen MR) is 169 cm³/mol. The van der Waals surface area contributed by atoms with Gasteiger partial charge in [-0.1, -0.05) is 41.6 Å². The fourth-order valence-corrected chi connectivity index (χ4v) is 6.94. The van der Waals surface area contributed by atoms with Crippen molar-refractivity contribution >= 4 is 29.3 Å². The van der Waals surface area contributed by atoms with Crippen LogP contribution in [0.1, 0.15) is 56.1 Å². The topological polar surface area (TPSA) is 91.9 Å². The Hall–Kier alpha value is -3.16. The maximum absolute atomic E-state index is 15.4. The van der Waals surface area contributed by atoms with Gasteiger partial charge in [-0.3, -0.25) is 9.69 Å². The number of hydrogen-bond acceptors (Lipinski definition) is 6. The van der Waals surface area contributed by atoms with Crippen LogP contribution in [0.4, 0.5) is 14.9 Å². The lowest BCUT2D eigenvalue weighted by molar-refractivity contribution is -0.119. The van der Waals surface area contributed by atoms with E-state index in [0.717, 1.165) is 44.3 Å². The molecule has 2 amide bonds. The monoisotopic (exact) mass is 624 g/mol. The van der Waals surface area contributed by atoms with Crippen molar-refractivity contribution < 1.29 is 23.5 Å². The van der Waals surface area contributed by atoms with Gasteiger partial charge in [-0.15, -0.1) is 0 Å². The SMILES string of the molecule is COC(=O)N[C@H](C(=O)Nc1cccc(F)c1CCC1CNC2C#CC(C)N1CCC2)C(c1ccc(Cl)cc1)C1CCOCC1. The Labute approximate surface area is 264 Å². The molecule has 3 N–H and O–H groups in total. The Morgan fingerprint density at radius 1 is 1.16 bits per heavy atom. The van der Waals surface area contributed by atoms with E-state index in [1.165, 1.54) is 13.2 Å². The van der Waals surface area contributed by atoms with Crippen LogP contribution in [0.3, 0.4) is 0 Å². The van der Waals surface area contributed by atoms with Crippen LogP contribution in [0.25, 0.3) is 0 Å². The van der Waals surface area contributed by atoms with Gasteiger partial charge in [0.15, 0.2) is 0 Å². The van der Waals surface area contributed by atoms with Crippen LogP contribution in [0.2, 0.25) is 5.02 Å². The van der Waals surface area contributed by atoms with E-state index in [9.17, 15) is 9.59 Å². The van der Waals surface area contributed by atoms with Gasteiger partial charge in [0, 0.05) is 48.0 Å². The van der Waals surface area contributed by atoms with Crippen LogP contribution in [-0.4, -0.2) is 74.5 Å². The molecule has 4 aliphatic heterocycles. The lowest BCUT2D eigenvalue weighted by Gasteiger charge is -2.39. The zero-order valence-electron chi connectivity index (χ0n) is 25.4. The summed E-state index contributed by atoms with van der Waals surface area (Å²) in [4.78, 5) is 29.1. The molecule has 44 heavy (non-hydrogen) atoms. The molecule has 5 unspecified atom stereocenters. The van der Waals surface area contributed by atoms with Crippen molar-refractivity contribution in [2.24, 2.45) is 5.92 Å². The van der Waals surface area contributed by atoms with Crippen LogP contribution >= 0.6 is 11.6 Å². The maximum Gasteiger partial charge on any atom is 0.407 e. The summed E-state index contributed by atoms with van der Waals surface area (Å²) in [5.74, 6) is 5.57. The van der Waals surface area contributed by atoms with Gasteiger partial charge in [0.1, 0.15) is 11.9 Å². The number of benzene rings is 2. The summed E-state index contributed by atoms with van der Waals surface area (Å²) in [7, 11) is 1.27. The summed E-state index contributed by atoms with van der Waals surface area (Å²) in [6, 6.07) is 11.6. The molecule has 236 valence electrons. The third-order valence-electron chi connectivity index (χ3n) is 9.18. The number of amides is 2. The summed E-state index contributed by atoms with van der Waals surface area (Å²) in [5.41, 5.74) is 1.71. The van der Waals surface area contributed by atoms with E-state index in [0.29, 0.717) is 42.3 Å². The number of ether oxygens (including phenoxy) is 2. The summed E-state index contributed by atoms with van der Waals surface area (Å²) in [6.45, 7) is 4.99. The van der Waals surface area contributed by atoms with Gasteiger partial charge in [0.25, 0.3) is 0 Å². The Bertz CT molecular complexity index is 1360. The first-order chi connectivity index (χ1) is 21.3. The molecule has 8 nitrogen and oxygen atoms in total. The average molecular weight is 625 g/mol. The molecule has 2 aromatic rings. The largest absolute Gasteiger partial charge is 0.453 e. The number of carbonyl (C=O) groups excluding carboxylic acids is 2. The van der Waals surface area contributed by atoms with Crippen LogP contribution in [0.15, 0.2) is 42.5 Å². The number of alkyl carbamates (subject to hydrolysis) is 1. The van der Waals surface area contributed by atoms with Crippen LogP contribution in [0.5, 0.6) is 0 Å². The number of nitrogens with one attached hydrogen (secondary N) is 3. The number of anilines is 1. The minimum atomic E-state index is -0.984. The van der Waals surface area contributed by atoms with E-state index < -0.39 is 18.0 Å². The minimum Gasteiger partial charge on any atom is -0.453 e. The molecule has 0 aliphatic carbocycles. The molecule has 0 aromatic heterocycles. The van der Waals surface area contributed by atoms with E-state index in [1.807, 2.05) is 12.1 Å². The predicted octanol–water partition coefficient (Wildman–Crippen LogP) is 5.11. The van der Waals surface area contributed by atoms with Crippen molar-refractivity contribution in [1.29, 1.82) is 0 Å². The zero-order valence-corrected chi connectivity index (χ0v) is 26.2. The van der Waals surface area contributed by atoms with Gasteiger partial charge >= 0.3 is 6.09 Å². The maximum atomic E-state index is 15.4. The minimum absolute atomic E-state index is 0.0510. The lowest BCUT2D eigenvalue weighted by atomic mass is 9.76. The summed E-state index contributed by atoms with van der Waals surface area (Å²) in [6.07, 6.45) is 3.95. The van der Waals surface area contributed by atoms with E-state index in [-0.39, 0.29) is 35.8 Å². The quantitative estimate of drug-likeness (QED) is 0.336. The molecule has 0 spiro atoms. The molecule has 2 aromatic carbocycles. The molecule has 6 atom stereocenters. The third-order valence-corrected chi connectivity index (χ3v) is 9.43. The van der Waals surface area contributed by atoms with Crippen LogP contribution in [0, 0.1) is 23.6 Å². The molecular weight excluding hydrogens is 583 g/mol. The smallest absolute Gasteiger partial charge is 0.407 e. The standard InChI is InChI=1S/C34H42ClFN4O4/c1-22-8-13-26-5-4-18-40(22)27(21-37-26)14-15-28-29(36)6-3-7-30(28)38-33(41)32(39-34(42)43-2)31(24-16-19-44-20-17-24)23-9-11-25(35)12-10-23/h3,6-7,9-12,22,24,26-27,31-32,37H,4-5,14-21H2,1-2H3,(H,38,41)(H,39,42)/t22?,26?,27?,31?,32-/m0/s1. The third kappa shape index (κ3) is 7.91. The second-order valence-electron chi connectivity index (χ2n) is 11.9. The lowest BCUT2D eigenvalue weighted by Crippen LogP contribution is -2.52. The summed E-state index contributed by atoms with van der Waals surface area (Å²) in [5, 5.41) is 9.92. The van der Waals surface area contributed by atoms with Crippen molar-refractivity contribution in [2.45, 2.75) is 75.5 Å². The molecule has 10 heteroatoms. The van der Waals surface area contributed by atoms with Crippen LogP contribution in [-0.2, 0) is 20.7 Å². The number of hydrogen-bond donors (Lipinski definition) is 3. The molecule has 2 fully saturated rings. The van der Waals surface area contributed by atoms with Gasteiger partial charge in [-0.25, -0.2) is 9.18 Å². The van der Waals surface area contributed by atoms with Crippen molar-refractivity contribution in [3.05, 3.63) is 64.4 Å². The number of carbonyl (C=O) groups is 2. The number of nitrogens with zero attached hydrogens (tertiary/aromatic N) is 1.